The van der Waals surface area contributed by atoms with Crippen molar-refractivity contribution in [1.29, 1.82) is 0 Å². The van der Waals surface area contributed by atoms with Crippen LogP contribution in [0.15, 0.2) is 36.5 Å². The number of aromatic nitrogens is 3. The molecule has 1 aliphatic heterocycles. The van der Waals surface area contributed by atoms with Crippen LogP contribution < -0.4 is 0 Å². The van der Waals surface area contributed by atoms with Gasteiger partial charge in [0.15, 0.2) is 5.69 Å². The standard InChI is InChI=1S/C16H21N5O2/c1-19-7-8-20(10-14(19)12-22)16(23)15-11-21(18-17-15)9-13-5-3-2-4-6-13/h2-6,11,14,22H,7-10,12H2,1H3. The molecular formula is C16H21N5O2. The van der Waals surface area contributed by atoms with Crippen LogP contribution in [0, 0.1) is 0 Å². The van der Waals surface area contributed by atoms with Gasteiger partial charge in [0, 0.05) is 19.6 Å². The van der Waals surface area contributed by atoms with Crippen LogP contribution in [-0.2, 0) is 6.54 Å². The van der Waals surface area contributed by atoms with Crippen LogP contribution in [-0.4, -0.2) is 75.1 Å². The number of aliphatic hydroxyl groups excluding tert-OH is 1. The SMILES string of the molecule is CN1CCN(C(=O)c2cn(Cc3ccccc3)nn2)CC1CO. The summed E-state index contributed by atoms with van der Waals surface area (Å²) < 4.78 is 1.67. The molecule has 3 rings (SSSR count). The smallest absolute Gasteiger partial charge is 0.276 e. The van der Waals surface area contributed by atoms with Crippen molar-refractivity contribution in [3.63, 3.8) is 0 Å². The summed E-state index contributed by atoms with van der Waals surface area (Å²) in [5, 5.41) is 17.4. The van der Waals surface area contributed by atoms with Crippen molar-refractivity contribution in [2.75, 3.05) is 33.3 Å². The fourth-order valence-electron chi connectivity index (χ4n) is 2.73. The Morgan fingerprint density at radius 2 is 2.09 bits per heavy atom. The fourth-order valence-corrected chi connectivity index (χ4v) is 2.73. The highest BCUT2D eigenvalue weighted by Crippen LogP contribution is 2.11. The number of piperazine rings is 1. The van der Waals surface area contributed by atoms with Gasteiger partial charge in [0.1, 0.15) is 0 Å². The van der Waals surface area contributed by atoms with Crippen LogP contribution >= 0.6 is 0 Å². The molecule has 0 radical (unpaired) electrons. The van der Waals surface area contributed by atoms with E-state index in [2.05, 4.69) is 15.2 Å². The molecule has 0 spiro atoms. The summed E-state index contributed by atoms with van der Waals surface area (Å²) in [7, 11) is 1.96. The zero-order valence-corrected chi connectivity index (χ0v) is 13.2. The summed E-state index contributed by atoms with van der Waals surface area (Å²) in [6, 6.07) is 9.90. The van der Waals surface area contributed by atoms with Gasteiger partial charge in [-0.3, -0.25) is 9.69 Å². The Hall–Kier alpha value is -2.25. The molecule has 0 aliphatic carbocycles. The molecule has 23 heavy (non-hydrogen) atoms. The first-order chi connectivity index (χ1) is 11.2. The third kappa shape index (κ3) is 3.57. The van der Waals surface area contributed by atoms with Gasteiger partial charge in [-0.1, -0.05) is 35.5 Å². The third-order valence-electron chi connectivity index (χ3n) is 4.22. The van der Waals surface area contributed by atoms with Crippen LogP contribution in [0.1, 0.15) is 16.1 Å². The van der Waals surface area contributed by atoms with E-state index in [1.807, 2.05) is 37.4 Å². The van der Waals surface area contributed by atoms with Gasteiger partial charge in [0.25, 0.3) is 5.91 Å². The van der Waals surface area contributed by atoms with Crippen LogP contribution in [0.2, 0.25) is 0 Å². The highest BCUT2D eigenvalue weighted by atomic mass is 16.3. The minimum atomic E-state index is -0.129. The second-order valence-electron chi connectivity index (χ2n) is 5.86. The Morgan fingerprint density at radius 1 is 1.30 bits per heavy atom. The number of amides is 1. The molecule has 1 N–H and O–H groups in total. The molecule has 1 amide bonds. The first-order valence-electron chi connectivity index (χ1n) is 7.72. The lowest BCUT2D eigenvalue weighted by molar-refractivity contribution is 0.0416. The molecule has 1 aromatic carbocycles. The molecule has 122 valence electrons. The molecule has 2 aromatic rings. The van der Waals surface area contributed by atoms with E-state index in [4.69, 9.17) is 0 Å². The molecule has 1 atom stereocenters. The molecule has 2 heterocycles. The van der Waals surface area contributed by atoms with Gasteiger partial charge in [0.05, 0.1) is 25.4 Å². The van der Waals surface area contributed by atoms with Crippen molar-refractivity contribution < 1.29 is 9.90 Å². The highest BCUT2D eigenvalue weighted by Gasteiger charge is 2.28. The van der Waals surface area contributed by atoms with Crippen LogP contribution in [0.5, 0.6) is 0 Å². The normalized spacial score (nSPS) is 19.0. The molecule has 1 aromatic heterocycles. The Bertz CT molecular complexity index is 658. The highest BCUT2D eigenvalue weighted by molar-refractivity contribution is 5.92. The maximum Gasteiger partial charge on any atom is 0.276 e. The number of hydrogen-bond acceptors (Lipinski definition) is 5. The zero-order valence-electron chi connectivity index (χ0n) is 13.2. The molecule has 7 nitrogen and oxygen atoms in total. The van der Waals surface area contributed by atoms with Gasteiger partial charge in [0.2, 0.25) is 0 Å². The summed E-state index contributed by atoms with van der Waals surface area (Å²) in [4.78, 5) is 16.3. The number of carbonyl (C=O) groups is 1. The van der Waals surface area contributed by atoms with Gasteiger partial charge in [-0.2, -0.15) is 0 Å². The zero-order chi connectivity index (χ0) is 16.2. The molecular weight excluding hydrogens is 294 g/mol. The van der Waals surface area contributed by atoms with Gasteiger partial charge < -0.3 is 10.0 Å². The average Bonchev–Trinajstić information content (AvgIpc) is 3.04. The minimum Gasteiger partial charge on any atom is -0.395 e. The quantitative estimate of drug-likeness (QED) is 0.864. The number of rotatable bonds is 4. The number of hydrogen-bond donors (Lipinski definition) is 1. The van der Waals surface area contributed by atoms with Crippen molar-refractivity contribution in [3.8, 4) is 0 Å². The van der Waals surface area contributed by atoms with Crippen molar-refractivity contribution in [2.45, 2.75) is 12.6 Å². The predicted molar refractivity (Wildman–Crippen MR) is 85.0 cm³/mol. The van der Waals surface area contributed by atoms with Gasteiger partial charge in [-0.15, -0.1) is 5.10 Å². The molecule has 1 saturated heterocycles. The Morgan fingerprint density at radius 3 is 2.83 bits per heavy atom. The van der Waals surface area contributed by atoms with Crippen LogP contribution in [0.3, 0.4) is 0 Å². The molecule has 1 unspecified atom stereocenters. The minimum absolute atomic E-state index is 0.0212. The summed E-state index contributed by atoms with van der Waals surface area (Å²) in [5.74, 6) is -0.129. The Balaban J connectivity index is 1.66. The average molecular weight is 315 g/mol. The summed E-state index contributed by atoms with van der Waals surface area (Å²) in [5.41, 5.74) is 1.46. The van der Waals surface area contributed by atoms with Crippen molar-refractivity contribution in [3.05, 3.63) is 47.8 Å². The van der Waals surface area contributed by atoms with Gasteiger partial charge in [-0.05, 0) is 12.6 Å². The van der Waals surface area contributed by atoms with Crippen molar-refractivity contribution >= 4 is 5.91 Å². The monoisotopic (exact) mass is 315 g/mol. The molecule has 0 saturated carbocycles. The van der Waals surface area contributed by atoms with E-state index >= 15 is 0 Å². The van der Waals surface area contributed by atoms with Gasteiger partial charge in [-0.25, -0.2) is 4.68 Å². The number of benzene rings is 1. The van der Waals surface area contributed by atoms with Crippen molar-refractivity contribution in [1.82, 2.24) is 24.8 Å². The topological polar surface area (TPSA) is 74.5 Å². The van der Waals surface area contributed by atoms with Gasteiger partial charge >= 0.3 is 0 Å². The predicted octanol–water partition coefficient (Wildman–Crippen LogP) is 0.0749. The number of nitrogens with zero attached hydrogens (tertiary/aromatic N) is 5. The van der Waals surface area contributed by atoms with E-state index < -0.39 is 0 Å². The lowest BCUT2D eigenvalue weighted by Gasteiger charge is -2.38. The Kier molecular flexibility index (Phi) is 4.68. The molecule has 1 fully saturated rings. The van der Waals surface area contributed by atoms with E-state index in [0.29, 0.717) is 25.3 Å². The summed E-state index contributed by atoms with van der Waals surface area (Å²) in [6.45, 7) is 2.52. The molecule has 7 heteroatoms. The molecule has 1 aliphatic rings. The first-order valence-corrected chi connectivity index (χ1v) is 7.72. The number of carbonyl (C=O) groups excluding carboxylic acids is 1. The van der Waals surface area contributed by atoms with E-state index in [9.17, 15) is 9.90 Å². The van der Waals surface area contributed by atoms with E-state index in [1.54, 1.807) is 15.8 Å². The Labute approximate surface area is 135 Å². The lowest BCUT2D eigenvalue weighted by Crippen LogP contribution is -2.54. The maximum atomic E-state index is 12.5. The number of aliphatic hydroxyl groups is 1. The second kappa shape index (κ2) is 6.89. The number of likely N-dealkylation sites (N-methyl/N-ethyl adjacent to an activating group) is 1. The first kappa shape index (κ1) is 15.6. The summed E-state index contributed by atoms with van der Waals surface area (Å²) in [6.07, 6.45) is 1.68. The van der Waals surface area contributed by atoms with Crippen molar-refractivity contribution in [2.24, 2.45) is 0 Å². The second-order valence-corrected chi connectivity index (χ2v) is 5.86. The lowest BCUT2D eigenvalue weighted by atomic mass is 10.2. The maximum absolute atomic E-state index is 12.5. The summed E-state index contributed by atoms with van der Waals surface area (Å²) >= 11 is 0. The van der Waals surface area contributed by atoms with E-state index in [1.165, 1.54) is 0 Å². The molecule has 0 bridgehead atoms. The van der Waals surface area contributed by atoms with E-state index in [-0.39, 0.29) is 18.6 Å². The van der Waals surface area contributed by atoms with Crippen LogP contribution in [0.25, 0.3) is 0 Å². The largest absolute Gasteiger partial charge is 0.395 e. The third-order valence-corrected chi connectivity index (χ3v) is 4.22. The van der Waals surface area contributed by atoms with E-state index in [0.717, 1.165) is 12.1 Å². The van der Waals surface area contributed by atoms with Crippen LogP contribution in [0.4, 0.5) is 0 Å². The fraction of sp³-hybridized carbons (Fsp3) is 0.438.